The van der Waals surface area contributed by atoms with Gasteiger partial charge in [-0.25, -0.2) is 0 Å². The number of likely N-dealkylation sites (N-methyl/N-ethyl adjacent to an activating group) is 1. The predicted octanol–water partition coefficient (Wildman–Crippen LogP) is 0.962. The van der Waals surface area contributed by atoms with Crippen LogP contribution in [-0.2, 0) is 4.79 Å². The van der Waals surface area contributed by atoms with Gasteiger partial charge in [0.25, 0.3) is 0 Å². The third kappa shape index (κ3) is 7.65. The highest BCUT2D eigenvalue weighted by atomic mass is 16.1. The molecule has 0 heterocycles. The summed E-state index contributed by atoms with van der Waals surface area (Å²) in [7, 11) is 0. The van der Waals surface area contributed by atoms with E-state index in [4.69, 9.17) is 5.73 Å². The van der Waals surface area contributed by atoms with Gasteiger partial charge in [0.15, 0.2) is 0 Å². The van der Waals surface area contributed by atoms with Crippen LogP contribution in [0.5, 0.6) is 0 Å². The summed E-state index contributed by atoms with van der Waals surface area (Å²) in [5.41, 5.74) is 5.71. The standard InChI is InChI=1S/C12H27N3O/c1-4-8-15(6-3)9-7-14-12(16)10-11(13)5-2/h11H,4-10,13H2,1-3H3,(H,14,16). The summed E-state index contributed by atoms with van der Waals surface area (Å²) in [4.78, 5) is 13.8. The molecule has 1 unspecified atom stereocenters. The quantitative estimate of drug-likeness (QED) is 0.619. The topological polar surface area (TPSA) is 58.4 Å². The second-order valence-corrected chi connectivity index (χ2v) is 4.16. The zero-order valence-electron chi connectivity index (χ0n) is 11.0. The molecule has 0 saturated carbocycles. The van der Waals surface area contributed by atoms with Crippen LogP contribution in [0.2, 0.25) is 0 Å². The highest BCUT2D eigenvalue weighted by molar-refractivity contribution is 5.76. The molecule has 0 aromatic heterocycles. The van der Waals surface area contributed by atoms with Crippen molar-refractivity contribution in [1.29, 1.82) is 0 Å². The predicted molar refractivity (Wildman–Crippen MR) is 68.3 cm³/mol. The van der Waals surface area contributed by atoms with Crippen LogP contribution in [0, 0.1) is 0 Å². The molecule has 0 radical (unpaired) electrons. The van der Waals surface area contributed by atoms with E-state index in [-0.39, 0.29) is 11.9 Å². The van der Waals surface area contributed by atoms with Crippen LogP contribution >= 0.6 is 0 Å². The molecule has 0 bridgehead atoms. The van der Waals surface area contributed by atoms with Crippen molar-refractivity contribution in [2.75, 3.05) is 26.2 Å². The first kappa shape index (κ1) is 15.4. The number of amides is 1. The number of nitrogens with two attached hydrogens (primary N) is 1. The maximum Gasteiger partial charge on any atom is 0.221 e. The van der Waals surface area contributed by atoms with E-state index in [1.54, 1.807) is 0 Å². The van der Waals surface area contributed by atoms with Crippen LogP contribution in [-0.4, -0.2) is 43.0 Å². The lowest BCUT2D eigenvalue weighted by atomic mass is 10.1. The Balaban J connectivity index is 3.59. The van der Waals surface area contributed by atoms with Gasteiger partial charge >= 0.3 is 0 Å². The lowest BCUT2D eigenvalue weighted by molar-refractivity contribution is -0.121. The number of hydrogen-bond donors (Lipinski definition) is 2. The van der Waals surface area contributed by atoms with Crippen molar-refractivity contribution in [2.45, 2.75) is 46.1 Å². The molecule has 4 heteroatoms. The fourth-order valence-corrected chi connectivity index (χ4v) is 1.55. The van der Waals surface area contributed by atoms with E-state index in [1.165, 1.54) is 0 Å². The summed E-state index contributed by atoms with van der Waals surface area (Å²) >= 11 is 0. The molecule has 0 aliphatic rings. The zero-order valence-corrected chi connectivity index (χ0v) is 11.0. The Bertz CT molecular complexity index is 185. The van der Waals surface area contributed by atoms with Gasteiger partial charge in [0.1, 0.15) is 0 Å². The molecule has 1 amide bonds. The first-order valence-electron chi connectivity index (χ1n) is 6.38. The average molecular weight is 229 g/mol. The Kier molecular flexibility index (Phi) is 9.24. The first-order valence-corrected chi connectivity index (χ1v) is 6.38. The first-order chi connectivity index (χ1) is 7.63. The fourth-order valence-electron chi connectivity index (χ4n) is 1.55. The van der Waals surface area contributed by atoms with Crippen molar-refractivity contribution >= 4 is 5.91 Å². The average Bonchev–Trinajstić information content (AvgIpc) is 2.27. The number of hydrogen-bond acceptors (Lipinski definition) is 3. The van der Waals surface area contributed by atoms with Gasteiger partial charge in [0.05, 0.1) is 0 Å². The van der Waals surface area contributed by atoms with E-state index in [0.717, 1.165) is 39.0 Å². The van der Waals surface area contributed by atoms with E-state index in [0.29, 0.717) is 6.42 Å². The van der Waals surface area contributed by atoms with E-state index in [2.05, 4.69) is 24.1 Å². The second-order valence-electron chi connectivity index (χ2n) is 4.16. The minimum atomic E-state index is -0.00193. The molecular weight excluding hydrogens is 202 g/mol. The summed E-state index contributed by atoms with van der Waals surface area (Å²) in [6.07, 6.45) is 2.45. The van der Waals surface area contributed by atoms with Gasteiger partial charge in [-0.3, -0.25) is 4.79 Å². The van der Waals surface area contributed by atoms with Gasteiger partial charge in [-0.1, -0.05) is 20.8 Å². The Morgan fingerprint density at radius 1 is 1.31 bits per heavy atom. The lowest BCUT2D eigenvalue weighted by Crippen LogP contribution is -2.37. The third-order valence-electron chi connectivity index (χ3n) is 2.71. The third-order valence-corrected chi connectivity index (χ3v) is 2.71. The van der Waals surface area contributed by atoms with E-state index >= 15 is 0 Å². The summed E-state index contributed by atoms with van der Waals surface area (Å²) in [6, 6.07) is -0.00193. The zero-order chi connectivity index (χ0) is 12.4. The van der Waals surface area contributed by atoms with Crippen molar-refractivity contribution in [1.82, 2.24) is 10.2 Å². The number of rotatable bonds is 9. The SMILES string of the molecule is CCCN(CC)CCNC(=O)CC(N)CC. The summed E-state index contributed by atoms with van der Waals surface area (Å²) < 4.78 is 0. The monoisotopic (exact) mass is 229 g/mol. The van der Waals surface area contributed by atoms with Gasteiger partial charge in [0, 0.05) is 25.6 Å². The van der Waals surface area contributed by atoms with E-state index in [1.807, 2.05) is 6.92 Å². The van der Waals surface area contributed by atoms with Crippen molar-refractivity contribution in [3.8, 4) is 0 Å². The highest BCUT2D eigenvalue weighted by Crippen LogP contribution is 1.93. The van der Waals surface area contributed by atoms with Crippen LogP contribution in [0.15, 0.2) is 0 Å². The molecule has 1 atom stereocenters. The molecule has 16 heavy (non-hydrogen) atoms. The summed E-state index contributed by atoms with van der Waals surface area (Å²) in [5, 5.41) is 2.91. The largest absolute Gasteiger partial charge is 0.355 e. The van der Waals surface area contributed by atoms with Crippen LogP contribution in [0.3, 0.4) is 0 Å². The van der Waals surface area contributed by atoms with Gasteiger partial charge in [0.2, 0.25) is 5.91 Å². The van der Waals surface area contributed by atoms with Gasteiger partial charge in [-0.05, 0) is 25.9 Å². The smallest absolute Gasteiger partial charge is 0.221 e. The highest BCUT2D eigenvalue weighted by Gasteiger charge is 2.07. The molecule has 0 aromatic rings. The van der Waals surface area contributed by atoms with Crippen LogP contribution in [0.25, 0.3) is 0 Å². The Labute approximate surface area is 99.6 Å². The van der Waals surface area contributed by atoms with Crippen molar-refractivity contribution in [3.63, 3.8) is 0 Å². The molecule has 0 aliphatic heterocycles. The van der Waals surface area contributed by atoms with E-state index < -0.39 is 0 Å². The van der Waals surface area contributed by atoms with Gasteiger partial charge < -0.3 is 16.0 Å². The number of nitrogens with one attached hydrogen (secondary N) is 1. The minimum absolute atomic E-state index is 0.00193. The van der Waals surface area contributed by atoms with E-state index in [9.17, 15) is 4.79 Å². The van der Waals surface area contributed by atoms with Crippen LogP contribution in [0.1, 0.15) is 40.0 Å². The van der Waals surface area contributed by atoms with Crippen molar-refractivity contribution in [3.05, 3.63) is 0 Å². The molecule has 0 aromatic carbocycles. The number of nitrogens with zero attached hydrogens (tertiary/aromatic N) is 1. The molecule has 0 rings (SSSR count). The summed E-state index contributed by atoms with van der Waals surface area (Å²) in [6.45, 7) is 10.1. The normalized spacial score (nSPS) is 12.8. The maximum absolute atomic E-state index is 11.4. The van der Waals surface area contributed by atoms with Gasteiger partial charge in [-0.2, -0.15) is 0 Å². The maximum atomic E-state index is 11.4. The molecule has 0 saturated heterocycles. The second kappa shape index (κ2) is 9.60. The van der Waals surface area contributed by atoms with Crippen molar-refractivity contribution < 1.29 is 4.79 Å². The molecule has 3 N–H and O–H groups in total. The molecule has 4 nitrogen and oxygen atoms in total. The molecule has 0 aliphatic carbocycles. The fraction of sp³-hybridized carbons (Fsp3) is 0.917. The molecule has 96 valence electrons. The van der Waals surface area contributed by atoms with Gasteiger partial charge in [-0.15, -0.1) is 0 Å². The minimum Gasteiger partial charge on any atom is -0.355 e. The number of carbonyl (C=O) groups is 1. The Hall–Kier alpha value is -0.610. The molecule has 0 spiro atoms. The summed E-state index contributed by atoms with van der Waals surface area (Å²) in [5.74, 6) is 0.0712. The lowest BCUT2D eigenvalue weighted by Gasteiger charge is -2.19. The number of carbonyl (C=O) groups excluding carboxylic acids is 1. The molecule has 0 fully saturated rings. The Morgan fingerprint density at radius 3 is 2.50 bits per heavy atom. The van der Waals surface area contributed by atoms with Crippen molar-refractivity contribution in [2.24, 2.45) is 5.73 Å². The van der Waals surface area contributed by atoms with Crippen LogP contribution in [0.4, 0.5) is 0 Å². The molecular formula is C12H27N3O. The van der Waals surface area contributed by atoms with Crippen LogP contribution < -0.4 is 11.1 Å². The Morgan fingerprint density at radius 2 is 2.00 bits per heavy atom.